The van der Waals surface area contributed by atoms with Crippen molar-refractivity contribution in [3.05, 3.63) is 23.4 Å². The van der Waals surface area contributed by atoms with Gasteiger partial charge in [-0.2, -0.15) is 0 Å². The lowest BCUT2D eigenvalue weighted by Gasteiger charge is -2.21. The Labute approximate surface area is 122 Å². The number of ether oxygens (including phenoxy) is 2. The van der Waals surface area contributed by atoms with Gasteiger partial charge in [-0.25, -0.2) is 4.98 Å². The molecule has 0 saturated carbocycles. The van der Waals surface area contributed by atoms with Gasteiger partial charge in [-0.1, -0.05) is 6.07 Å². The molecular formula is C16H28N2O2. The van der Waals surface area contributed by atoms with Crippen LogP contribution < -0.4 is 10.1 Å². The maximum absolute atomic E-state index is 5.74. The molecule has 0 aromatic carbocycles. The van der Waals surface area contributed by atoms with Crippen molar-refractivity contribution in [2.24, 2.45) is 0 Å². The lowest BCUT2D eigenvalue weighted by molar-refractivity contribution is 0.0632. The summed E-state index contributed by atoms with van der Waals surface area (Å²) in [6.45, 7) is 14.6. The first kappa shape index (κ1) is 16.9. The van der Waals surface area contributed by atoms with Crippen molar-refractivity contribution in [2.75, 3.05) is 13.2 Å². The standard InChI is InChI=1S/C16H28N2O2/c1-7-19-11-12(2)20-15-9-8-14(13(3)18-15)10-17-16(4,5)6/h8-9,12,17H,7,10-11H2,1-6H3. The second kappa shape index (κ2) is 7.60. The normalized spacial score (nSPS) is 13.3. The number of aryl methyl sites for hydroxylation is 1. The lowest BCUT2D eigenvalue weighted by Crippen LogP contribution is -2.35. The Hall–Kier alpha value is -1.13. The first-order chi connectivity index (χ1) is 9.31. The van der Waals surface area contributed by atoms with Gasteiger partial charge in [0.1, 0.15) is 6.10 Å². The van der Waals surface area contributed by atoms with Crippen LogP contribution in [0, 0.1) is 6.92 Å². The predicted molar refractivity (Wildman–Crippen MR) is 82.1 cm³/mol. The molecule has 4 nitrogen and oxygen atoms in total. The fourth-order valence-electron chi connectivity index (χ4n) is 1.70. The van der Waals surface area contributed by atoms with Gasteiger partial charge in [-0.15, -0.1) is 0 Å². The second-order valence-electron chi connectivity index (χ2n) is 6.09. The fourth-order valence-corrected chi connectivity index (χ4v) is 1.70. The summed E-state index contributed by atoms with van der Waals surface area (Å²) in [4.78, 5) is 4.50. The van der Waals surface area contributed by atoms with Gasteiger partial charge < -0.3 is 14.8 Å². The molecule has 1 N–H and O–H groups in total. The average Bonchev–Trinajstić information content (AvgIpc) is 2.34. The molecule has 0 aliphatic heterocycles. The van der Waals surface area contributed by atoms with Crippen LogP contribution >= 0.6 is 0 Å². The molecule has 1 atom stereocenters. The number of hydrogen-bond acceptors (Lipinski definition) is 4. The van der Waals surface area contributed by atoms with Crippen LogP contribution in [0.1, 0.15) is 45.9 Å². The van der Waals surface area contributed by atoms with E-state index in [-0.39, 0.29) is 11.6 Å². The Morgan fingerprint density at radius 1 is 1.30 bits per heavy atom. The van der Waals surface area contributed by atoms with E-state index in [0.717, 1.165) is 12.2 Å². The molecule has 0 aliphatic carbocycles. The molecule has 0 saturated heterocycles. The summed E-state index contributed by atoms with van der Waals surface area (Å²) >= 11 is 0. The molecule has 0 amide bonds. The van der Waals surface area contributed by atoms with E-state index in [1.54, 1.807) is 0 Å². The molecule has 4 heteroatoms. The van der Waals surface area contributed by atoms with E-state index in [0.29, 0.717) is 19.1 Å². The van der Waals surface area contributed by atoms with Crippen molar-refractivity contribution in [3.8, 4) is 5.88 Å². The van der Waals surface area contributed by atoms with Gasteiger partial charge in [0, 0.05) is 30.5 Å². The smallest absolute Gasteiger partial charge is 0.213 e. The summed E-state index contributed by atoms with van der Waals surface area (Å²) in [6, 6.07) is 4.00. The molecule has 1 aromatic rings. The lowest BCUT2D eigenvalue weighted by atomic mass is 10.1. The minimum Gasteiger partial charge on any atom is -0.472 e. The molecule has 0 aliphatic rings. The number of nitrogens with zero attached hydrogens (tertiary/aromatic N) is 1. The summed E-state index contributed by atoms with van der Waals surface area (Å²) in [5.41, 5.74) is 2.31. The maximum Gasteiger partial charge on any atom is 0.213 e. The van der Waals surface area contributed by atoms with E-state index in [2.05, 4.69) is 37.1 Å². The second-order valence-corrected chi connectivity index (χ2v) is 6.09. The first-order valence-electron chi connectivity index (χ1n) is 7.27. The van der Waals surface area contributed by atoms with Crippen molar-refractivity contribution >= 4 is 0 Å². The van der Waals surface area contributed by atoms with Crippen molar-refractivity contribution in [1.29, 1.82) is 0 Å². The fraction of sp³-hybridized carbons (Fsp3) is 0.688. The van der Waals surface area contributed by atoms with E-state index in [1.165, 1.54) is 5.56 Å². The van der Waals surface area contributed by atoms with Gasteiger partial charge in [-0.05, 0) is 47.1 Å². The Bertz CT molecular complexity index is 413. The monoisotopic (exact) mass is 280 g/mol. The summed E-state index contributed by atoms with van der Waals surface area (Å²) in [7, 11) is 0. The first-order valence-corrected chi connectivity index (χ1v) is 7.27. The largest absolute Gasteiger partial charge is 0.472 e. The van der Waals surface area contributed by atoms with Gasteiger partial charge in [-0.3, -0.25) is 0 Å². The number of hydrogen-bond donors (Lipinski definition) is 1. The molecular weight excluding hydrogens is 252 g/mol. The van der Waals surface area contributed by atoms with Crippen LogP contribution in [0.25, 0.3) is 0 Å². The molecule has 1 aromatic heterocycles. The van der Waals surface area contributed by atoms with Gasteiger partial charge in [0.25, 0.3) is 0 Å². The summed E-state index contributed by atoms with van der Waals surface area (Å²) in [5, 5.41) is 3.47. The average molecular weight is 280 g/mol. The molecule has 0 radical (unpaired) electrons. The van der Waals surface area contributed by atoms with Crippen LogP contribution in [-0.4, -0.2) is 29.8 Å². The Balaban J connectivity index is 2.59. The van der Waals surface area contributed by atoms with Crippen LogP contribution in [0.4, 0.5) is 0 Å². The molecule has 0 spiro atoms. The van der Waals surface area contributed by atoms with Gasteiger partial charge in [0.15, 0.2) is 0 Å². The summed E-state index contributed by atoms with van der Waals surface area (Å²) in [6.07, 6.45) is 0.0143. The third-order valence-electron chi connectivity index (χ3n) is 2.86. The Kier molecular flexibility index (Phi) is 6.43. The van der Waals surface area contributed by atoms with Gasteiger partial charge >= 0.3 is 0 Å². The van der Waals surface area contributed by atoms with E-state index >= 15 is 0 Å². The molecule has 0 fully saturated rings. The van der Waals surface area contributed by atoms with E-state index in [4.69, 9.17) is 9.47 Å². The SMILES string of the molecule is CCOCC(C)Oc1ccc(CNC(C)(C)C)c(C)n1. The number of pyridine rings is 1. The third kappa shape index (κ3) is 6.35. The number of rotatable bonds is 7. The van der Waals surface area contributed by atoms with Gasteiger partial charge in [0.2, 0.25) is 5.88 Å². The highest BCUT2D eigenvalue weighted by molar-refractivity contribution is 5.25. The zero-order valence-corrected chi connectivity index (χ0v) is 13.6. The molecule has 1 unspecified atom stereocenters. The van der Waals surface area contributed by atoms with Crippen LogP contribution in [0.15, 0.2) is 12.1 Å². The van der Waals surface area contributed by atoms with Crippen LogP contribution in [0.2, 0.25) is 0 Å². The predicted octanol–water partition coefficient (Wildman–Crippen LogP) is 3.08. The van der Waals surface area contributed by atoms with Crippen LogP contribution in [0.3, 0.4) is 0 Å². The Morgan fingerprint density at radius 3 is 2.55 bits per heavy atom. The zero-order valence-electron chi connectivity index (χ0n) is 13.6. The highest BCUT2D eigenvalue weighted by Crippen LogP contribution is 2.15. The third-order valence-corrected chi connectivity index (χ3v) is 2.86. The molecule has 20 heavy (non-hydrogen) atoms. The maximum atomic E-state index is 5.74. The topological polar surface area (TPSA) is 43.4 Å². The minimum atomic E-state index is 0.0143. The van der Waals surface area contributed by atoms with Crippen LogP contribution in [-0.2, 0) is 11.3 Å². The Morgan fingerprint density at radius 2 is 2.00 bits per heavy atom. The molecule has 1 heterocycles. The summed E-state index contributed by atoms with van der Waals surface area (Å²) in [5.74, 6) is 0.661. The van der Waals surface area contributed by atoms with Crippen molar-refractivity contribution in [3.63, 3.8) is 0 Å². The summed E-state index contributed by atoms with van der Waals surface area (Å²) < 4.78 is 11.1. The van der Waals surface area contributed by atoms with Crippen LogP contribution in [0.5, 0.6) is 5.88 Å². The highest BCUT2D eigenvalue weighted by Gasteiger charge is 2.11. The van der Waals surface area contributed by atoms with E-state index in [1.807, 2.05) is 26.8 Å². The van der Waals surface area contributed by atoms with E-state index in [9.17, 15) is 0 Å². The van der Waals surface area contributed by atoms with Crippen molar-refractivity contribution in [1.82, 2.24) is 10.3 Å². The number of aromatic nitrogens is 1. The minimum absolute atomic E-state index is 0.0143. The zero-order chi connectivity index (χ0) is 15.2. The number of nitrogens with one attached hydrogen (secondary N) is 1. The highest BCUT2D eigenvalue weighted by atomic mass is 16.5. The molecule has 114 valence electrons. The molecule has 1 rings (SSSR count). The van der Waals surface area contributed by atoms with E-state index < -0.39 is 0 Å². The van der Waals surface area contributed by atoms with Gasteiger partial charge in [0.05, 0.1) is 6.61 Å². The van der Waals surface area contributed by atoms with Crippen molar-refractivity contribution < 1.29 is 9.47 Å². The van der Waals surface area contributed by atoms with Crippen molar-refractivity contribution in [2.45, 2.75) is 59.7 Å². The quantitative estimate of drug-likeness (QED) is 0.833. The molecule has 0 bridgehead atoms.